The molecule has 1 saturated carbocycles. The van der Waals surface area contributed by atoms with E-state index in [0.29, 0.717) is 12.8 Å². The van der Waals surface area contributed by atoms with E-state index in [0.717, 1.165) is 5.56 Å². The average molecular weight is 283 g/mol. The molecule has 19 heavy (non-hydrogen) atoms. The summed E-state index contributed by atoms with van der Waals surface area (Å²) in [7, 11) is -3.70. The van der Waals surface area contributed by atoms with E-state index in [1.165, 1.54) is 19.1 Å². The van der Waals surface area contributed by atoms with E-state index >= 15 is 0 Å². The van der Waals surface area contributed by atoms with Crippen LogP contribution in [0, 0.1) is 6.92 Å². The molecule has 1 aliphatic rings. The van der Waals surface area contributed by atoms with Crippen molar-refractivity contribution in [3.63, 3.8) is 0 Å². The second kappa shape index (κ2) is 5.30. The van der Waals surface area contributed by atoms with Crippen LogP contribution < -0.4 is 5.32 Å². The van der Waals surface area contributed by atoms with Gasteiger partial charge < -0.3 is 5.32 Å². The Kier molecular flexibility index (Phi) is 3.91. The molecule has 0 heterocycles. The SMILES string of the molecule is CC(=O)NC1CC(OS(=O)(=O)c2ccc(C)cc2)C1. The topological polar surface area (TPSA) is 72.5 Å². The van der Waals surface area contributed by atoms with Gasteiger partial charge in [-0.15, -0.1) is 0 Å². The minimum atomic E-state index is -3.70. The first-order chi connectivity index (χ1) is 8.87. The summed E-state index contributed by atoms with van der Waals surface area (Å²) in [6.07, 6.45) is 0.721. The van der Waals surface area contributed by atoms with E-state index in [1.54, 1.807) is 12.1 Å². The molecular weight excluding hydrogens is 266 g/mol. The summed E-state index contributed by atoms with van der Waals surface area (Å²) >= 11 is 0. The summed E-state index contributed by atoms with van der Waals surface area (Å²) < 4.78 is 29.1. The Morgan fingerprint density at radius 1 is 1.26 bits per heavy atom. The van der Waals surface area contributed by atoms with Crippen molar-refractivity contribution < 1.29 is 17.4 Å². The number of hydrogen-bond acceptors (Lipinski definition) is 4. The van der Waals surface area contributed by atoms with Crippen molar-refractivity contribution in [3.8, 4) is 0 Å². The molecule has 0 aliphatic heterocycles. The van der Waals surface area contributed by atoms with Crippen LogP contribution in [0.3, 0.4) is 0 Å². The number of amides is 1. The highest BCUT2D eigenvalue weighted by atomic mass is 32.2. The summed E-state index contributed by atoms with van der Waals surface area (Å²) in [5.41, 5.74) is 0.994. The van der Waals surface area contributed by atoms with Gasteiger partial charge in [-0.2, -0.15) is 8.42 Å². The quantitative estimate of drug-likeness (QED) is 0.847. The van der Waals surface area contributed by atoms with Gasteiger partial charge in [0.05, 0.1) is 11.0 Å². The Morgan fingerprint density at radius 2 is 1.84 bits per heavy atom. The Morgan fingerprint density at radius 3 is 2.37 bits per heavy atom. The van der Waals surface area contributed by atoms with Gasteiger partial charge in [-0.25, -0.2) is 0 Å². The second-order valence-corrected chi connectivity index (χ2v) is 6.43. The number of carbonyl (C=O) groups is 1. The predicted octanol–water partition coefficient (Wildman–Crippen LogP) is 1.37. The van der Waals surface area contributed by atoms with Gasteiger partial charge >= 0.3 is 0 Å². The van der Waals surface area contributed by atoms with Crippen molar-refractivity contribution in [3.05, 3.63) is 29.8 Å². The smallest absolute Gasteiger partial charge is 0.297 e. The van der Waals surface area contributed by atoms with E-state index in [2.05, 4.69) is 5.32 Å². The number of carbonyl (C=O) groups excluding carboxylic acids is 1. The lowest BCUT2D eigenvalue weighted by atomic mass is 9.89. The minimum absolute atomic E-state index is 0.0238. The molecule has 2 rings (SSSR count). The normalized spacial score (nSPS) is 22.6. The van der Waals surface area contributed by atoms with E-state index in [4.69, 9.17) is 4.18 Å². The number of nitrogens with one attached hydrogen (secondary N) is 1. The van der Waals surface area contributed by atoms with Crippen molar-refractivity contribution >= 4 is 16.0 Å². The van der Waals surface area contributed by atoms with Gasteiger partial charge in [-0.1, -0.05) is 17.7 Å². The van der Waals surface area contributed by atoms with Crippen molar-refractivity contribution in [1.29, 1.82) is 0 Å². The predicted molar refractivity (Wildman–Crippen MR) is 70.1 cm³/mol. The zero-order valence-electron chi connectivity index (χ0n) is 10.9. The van der Waals surface area contributed by atoms with Gasteiger partial charge in [-0.3, -0.25) is 8.98 Å². The molecule has 6 heteroatoms. The maximum Gasteiger partial charge on any atom is 0.297 e. The van der Waals surface area contributed by atoms with Crippen LogP contribution in [0.1, 0.15) is 25.3 Å². The molecule has 0 spiro atoms. The van der Waals surface area contributed by atoms with Crippen molar-refractivity contribution in [2.45, 2.75) is 43.7 Å². The Bertz CT molecular complexity index is 559. The Balaban J connectivity index is 1.93. The van der Waals surface area contributed by atoms with Crippen molar-refractivity contribution in [1.82, 2.24) is 5.32 Å². The monoisotopic (exact) mass is 283 g/mol. The third-order valence-corrected chi connectivity index (χ3v) is 4.45. The molecule has 1 fully saturated rings. The van der Waals surface area contributed by atoms with Crippen LogP contribution in [-0.4, -0.2) is 26.5 Å². The molecule has 5 nitrogen and oxygen atoms in total. The molecule has 0 unspecified atom stereocenters. The molecule has 0 atom stereocenters. The fourth-order valence-corrected chi connectivity index (χ4v) is 3.09. The number of benzene rings is 1. The van der Waals surface area contributed by atoms with E-state index < -0.39 is 10.1 Å². The lowest BCUT2D eigenvalue weighted by Crippen LogP contribution is -2.47. The summed E-state index contributed by atoms with van der Waals surface area (Å²) in [6, 6.07) is 6.56. The zero-order valence-corrected chi connectivity index (χ0v) is 11.7. The van der Waals surface area contributed by atoms with Gasteiger partial charge in [0.1, 0.15) is 0 Å². The highest BCUT2D eigenvalue weighted by Gasteiger charge is 2.34. The van der Waals surface area contributed by atoms with Gasteiger partial charge in [0.2, 0.25) is 5.91 Å². The molecular formula is C13H17NO4S. The van der Waals surface area contributed by atoms with E-state index in [9.17, 15) is 13.2 Å². The van der Waals surface area contributed by atoms with Gasteiger partial charge in [0, 0.05) is 13.0 Å². The van der Waals surface area contributed by atoms with Crippen LogP contribution in [-0.2, 0) is 19.1 Å². The van der Waals surface area contributed by atoms with Crippen LogP contribution >= 0.6 is 0 Å². The Hall–Kier alpha value is -1.40. The molecule has 0 radical (unpaired) electrons. The third kappa shape index (κ3) is 3.54. The van der Waals surface area contributed by atoms with Crippen LogP contribution in [0.4, 0.5) is 0 Å². The first-order valence-corrected chi connectivity index (χ1v) is 7.55. The lowest BCUT2D eigenvalue weighted by molar-refractivity contribution is -0.120. The molecule has 0 saturated heterocycles. The largest absolute Gasteiger partial charge is 0.353 e. The summed E-state index contributed by atoms with van der Waals surface area (Å²) in [6.45, 7) is 3.33. The average Bonchev–Trinajstić information content (AvgIpc) is 2.26. The summed E-state index contributed by atoms with van der Waals surface area (Å²) in [5.74, 6) is -0.107. The first-order valence-electron chi connectivity index (χ1n) is 6.14. The molecule has 0 bridgehead atoms. The summed E-state index contributed by atoms with van der Waals surface area (Å²) in [5, 5.41) is 2.73. The molecule has 1 aliphatic carbocycles. The Labute approximate surface area is 113 Å². The van der Waals surface area contributed by atoms with Gasteiger partial charge in [0.15, 0.2) is 0 Å². The van der Waals surface area contributed by atoms with Crippen LogP contribution in [0.5, 0.6) is 0 Å². The van der Waals surface area contributed by atoms with Crippen LogP contribution in [0.2, 0.25) is 0 Å². The van der Waals surface area contributed by atoms with E-state index in [-0.39, 0.29) is 22.9 Å². The van der Waals surface area contributed by atoms with Crippen LogP contribution in [0.25, 0.3) is 0 Å². The lowest BCUT2D eigenvalue weighted by Gasteiger charge is -2.34. The van der Waals surface area contributed by atoms with Crippen LogP contribution in [0.15, 0.2) is 29.2 Å². The molecule has 1 aromatic carbocycles. The number of aryl methyl sites for hydroxylation is 1. The highest BCUT2D eigenvalue weighted by molar-refractivity contribution is 7.86. The highest BCUT2D eigenvalue weighted by Crippen LogP contribution is 2.27. The molecule has 1 N–H and O–H groups in total. The van der Waals surface area contributed by atoms with E-state index in [1.807, 2.05) is 6.92 Å². The zero-order chi connectivity index (χ0) is 14.0. The second-order valence-electron chi connectivity index (χ2n) is 4.85. The molecule has 1 aromatic rings. The number of hydrogen-bond donors (Lipinski definition) is 1. The van der Waals surface area contributed by atoms with Gasteiger partial charge in [0.25, 0.3) is 10.1 Å². The van der Waals surface area contributed by atoms with Crippen molar-refractivity contribution in [2.75, 3.05) is 0 Å². The maximum atomic E-state index is 12.0. The third-order valence-electron chi connectivity index (χ3n) is 3.07. The maximum absolute atomic E-state index is 12.0. The summed E-state index contributed by atoms with van der Waals surface area (Å²) in [4.78, 5) is 11.0. The van der Waals surface area contributed by atoms with Crippen molar-refractivity contribution in [2.24, 2.45) is 0 Å². The standard InChI is InChI=1S/C13H17NO4S/c1-9-3-5-13(6-4-9)19(16,17)18-12-7-11(8-12)14-10(2)15/h3-6,11-12H,7-8H2,1-2H3,(H,14,15). The molecule has 1 amide bonds. The minimum Gasteiger partial charge on any atom is -0.353 e. The molecule has 104 valence electrons. The fourth-order valence-electron chi connectivity index (χ4n) is 1.99. The fraction of sp³-hybridized carbons (Fsp3) is 0.462. The number of rotatable bonds is 4. The molecule has 0 aromatic heterocycles. The van der Waals surface area contributed by atoms with Gasteiger partial charge in [-0.05, 0) is 31.9 Å². The first kappa shape index (κ1) is 14.0.